The van der Waals surface area contributed by atoms with Gasteiger partial charge in [0.25, 0.3) is 0 Å². The van der Waals surface area contributed by atoms with Crippen molar-refractivity contribution in [2.45, 2.75) is 37.9 Å². The molecule has 2 radical (unpaired) electrons. The van der Waals surface area contributed by atoms with E-state index in [0.29, 0.717) is 11.6 Å². The van der Waals surface area contributed by atoms with Crippen LogP contribution in [-0.4, -0.2) is 18.9 Å². The molecule has 0 bridgehead atoms. The van der Waals surface area contributed by atoms with E-state index >= 15 is 0 Å². The molecule has 1 aliphatic rings. The summed E-state index contributed by atoms with van der Waals surface area (Å²) in [6.45, 7) is 2.07. The van der Waals surface area contributed by atoms with Crippen molar-refractivity contribution in [3.63, 3.8) is 0 Å². The van der Waals surface area contributed by atoms with Gasteiger partial charge in [0.2, 0.25) is 0 Å². The first-order valence-corrected chi connectivity index (χ1v) is 5.22. The van der Waals surface area contributed by atoms with Gasteiger partial charge in [-0.2, -0.15) is 0 Å². The number of nitrogens with zero attached hydrogens (tertiary/aromatic N) is 1. The van der Waals surface area contributed by atoms with Crippen molar-refractivity contribution in [1.29, 1.82) is 0 Å². The van der Waals surface area contributed by atoms with E-state index in [1.165, 1.54) is 26.0 Å². The minimum atomic E-state index is -1.80. The summed E-state index contributed by atoms with van der Waals surface area (Å²) >= 11 is 0. The van der Waals surface area contributed by atoms with Gasteiger partial charge in [0.05, 0.1) is 11.3 Å². The van der Waals surface area contributed by atoms with Crippen LogP contribution in [0.1, 0.15) is 31.0 Å². The van der Waals surface area contributed by atoms with E-state index in [-0.39, 0.29) is 0 Å². The second-order valence-electron chi connectivity index (χ2n) is 4.27. The van der Waals surface area contributed by atoms with Crippen LogP contribution in [0.15, 0.2) is 18.3 Å². The molecule has 1 unspecified atom stereocenters. The Kier molecular flexibility index (Phi) is 2.78. The number of nitrogens with one attached hydrogen (secondary N) is 1. The maximum Gasteiger partial charge on any atom is 0.127 e. The summed E-state index contributed by atoms with van der Waals surface area (Å²) in [5.74, 6) is 0. The van der Waals surface area contributed by atoms with Gasteiger partial charge in [-0.1, -0.05) is 6.07 Å². The van der Waals surface area contributed by atoms with E-state index in [0.717, 1.165) is 12.2 Å². The van der Waals surface area contributed by atoms with E-state index in [9.17, 15) is 4.39 Å². The van der Waals surface area contributed by atoms with Gasteiger partial charge in [-0.05, 0) is 31.4 Å². The van der Waals surface area contributed by atoms with Gasteiger partial charge in [0.1, 0.15) is 7.85 Å². The molecule has 1 heterocycles. The minimum Gasteiger partial charge on any atom is -0.308 e. The molecule has 1 fully saturated rings. The van der Waals surface area contributed by atoms with Crippen LogP contribution in [0.5, 0.6) is 0 Å². The highest BCUT2D eigenvalue weighted by Gasteiger charge is 2.21. The maximum absolute atomic E-state index is 13.3. The molecule has 1 aliphatic carbocycles. The average molecular weight is 204 g/mol. The zero-order valence-electron chi connectivity index (χ0n) is 8.83. The van der Waals surface area contributed by atoms with E-state index in [1.54, 1.807) is 6.07 Å². The number of alkyl halides is 1. The molecule has 0 aliphatic heterocycles. The SMILES string of the molecule is [B]C(C)(F)c1ccc(CNC2CC2)nc1. The van der Waals surface area contributed by atoms with Gasteiger partial charge in [-0.15, -0.1) is 0 Å². The van der Waals surface area contributed by atoms with Gasteiger partial charge in [0, 0.05) is 18.8 Å². The molecule has 0 spiro atoms. The van der Waals surface area contributed by atoms with Crippen LogP contribution in [-0.2, 0) is 12.1 Å². The van der Waals surface area contributed by atoms with Gasteiger partial charge in [-0.3, -0.25) is 9.37 Å². The van der Waals surface area contributed by atoms with Gasteiger partial charge >= 0.3 is 0 Å². The molecular formula is C11H14BFN2. The lowest BCUT2D eigenvalue weighted by Crippen LogP contribution is -2.18. The third kappa shape index (κ3) is 3.03. The van der Waals surface area contributed by atoms with E-state index < -0.39 is 5.57 Å². The number of rotatable bonds is 4. The smallest absolute Gasteiger partial charge is 0.127 e. The molecule has 1 N–H and O–H groups in total. The second-order valence-corrected chi connectivity index (χ2v) is 4.27. The molecule has 4 heteroatoms. The quantitative estimate of drug-likeness (QED) is 0.754. The van der Waals surface area contributed by atoms with Crippen LogP contribution in [0, 0.1) is 0 Å². The number of halogens is 1. The normalized spacial score (nSPS) is 19.9. The standard InChI is InChI=1S/C11H14BFN2/c1-11(12,13)8-2-3-10(14-6-8)7-15-9-4-5-9/h2-3,6,9,15H,4-5,7H2,1H3. The summed E-state index contributed by atoms with van der Waals surface area (Å²) < 4.78 is 13.3. The van der Waals surface area contributed by atoms with Crippen molar-refractivity contribution in [2.75, 3.05) is 0 Å². The Bertz CT molecular complexity index is 327. The molecule has 0 amide bonds. The van der Waals surface area contributed by atoms with Crippen molar-refractivity contribution in [3.05, 3.63) is 29.6 Å². The molecular weight excluding hydrogens is 190 g/mol. The Morgan fingerprint density at radius 3 is 2.80 bits per heavy atom. The van der Waals surface area contributed by atoms with Crippen molar-refractivity contribution in [1.82, 2.24) is 10.3 Å². The Labute approximate surface area is 90.7 Å². The number of aromatic nitrogens is 1. The molecule has 1 saturated carbocycles. The zero-order valence-corrected chi connectivity index (χ0v) is 8.83. The van der Waals surface area contributed by atoms with Gasteiger partial charge < -0.3 is 5.32 Å². The number of pyridine rings is 1. The monoisotopic (exact) mass is 204 g/mol. The molecule has 2 nitrogen and oxygen atoms in total. The summed E-state index contributed by atoms with van der Waals surface area (Å²) in [6, 6.07) is 4.17. The Hall–Kier alpha value is -0.895. The van der Waals surface area contributed by atoms with Crippen molar-refractivity contribution in [3.8, 4) is 0 Å². The van der Waals surface area contributed by atoms with Gasteiger partial charge in [0.15, 0.2) is 0 Å². The average Bonchev–Trinajstić information content (AvgIpc) is 2.97. The first-order chi connectivity index (χ1) is 7.05. The first kappa shape index (κ1) is 10.6. The molecule has 1 aromatic rings. The summed E-state index contributed by atoms with van der Waals surface area (Å²) in [7, 11) is 5.32. The molecule has 1 aromatic heterocycles. The lowest BCUT2D eigenvalue weighted by atomic mass is 9.80. The summed E-state index contributed by atoms with van der Waals surface area (Å²) in [6.07, 6.45) is 4.01. The Morgan fingerprint density at radius 2 is 2.33 bits per heavy atom. The van der Waals surface area contributed by atoms with Crippen LogP contribution < -0.4 is 5.32 Å². The fourth-order valence-corrected chi connectivity index (χ4v) is 1.35. The van der Waals surface area contributed by atoms with Crippen molar-refractivity contribution in [2.24, 2.45) is 0 Å². The number of hydrogen-bond acceptors (Lipinski definition) is 2. The zero-order chi connectivity index (χ0) is 10.9. The van der Waals surface area contributed by atoms with Crippen LogP contribution in [0.4, 0.5) is 4.39 Å². The molecule has 0 aromatic carbocycles. The molecule has 2 rings (SSSR count). The predicted molar refractivity (Wildman–Crippen MR) is 58.3 cm³/mol. The van der Waals surface area contributed by atoms with Crippen molar-refractivity contribution < 1.29 is 4.39 Å². The van der Waals surface area contributed by atoms with Crippen LogP contribution in [0.2, 0.25) is 0 Å². The summed E-state index contributed by atoms with van der Waals surface area (Å²) in [5.41, 5.74) is -0.456. The third-order valence-corrected chi connectivity index (χ3v) is 2.54. The van der Waals surface area contributed by atoms with Crippen LogP contribution in [0.25, 0.3) is 0 Å². The largest absolute Gasteiger partial charge is 0.308 e. The lowest BCUT2D eigenvalue weighted by Gasteiger charge is -2.14. The topological polar surface area (TPSA) is 24.9 Å². The molecule has 15 heavy (non-hydrogen) atoms. The highest BCUT2D eigenvalue weighted by atomic mass is 19.1. The predicted octanol–water partition coefficient (Wildman–Crippen LogP) is 1.64. The first-order valence-electron chi connectivity index (χ1n) is 5.22. The molecule has 1 atom stereocenters. The lowest BCUT2D eigenvalue weighted by molar-refractivity contribution is 0.312. The number of hydrogen-bond donors (Lipinski definition) is 1. The highest BCUT2D eigenvalue weighted by Crippen LogP contribution is 2.21. The Balaban J connectivity index is 1.96. The van der Waals surface area contributed by atoms with Crippen LogP contribution in [0.3, 0.4) is 0 Å². The van der Waals surface area contributed by atoms with Gasteiger partial charge in [-0.25, -0.2) is 0 Å². The molecule has 78 valence electrons. The summed E-state index contributed by atoms with van der Waals surface area (Å²) in [4.78, 5) is 4.16. The fraction of sp³-hybridized carbons (Fsp3) is 0.545. The maximum atomic E-state index is 13.3. The Morgan fingerprint density at radius 1 is 1.60 bits per heavy atom. The van der Waals surface area contributed by atoms with E-state index in [1.807, 2.05) is 6.07 Å². The van der Waals surface area contributed by atoms with Crippen LogP contribution >= 0.6 is 0 Å². The fourth-order valence-electron chi connectivity index (χ4n) is 1.35. The second kappa shape index (κ2) is 3.93. The van der Waals surface area contributed by atoms with E-state index in [4.69, 9.17) is 7.85 Å². The minimum absolute atomic E-state index is 0.415. The van der Waals surface area contributed by atoms with Crippen molar-refractivity contribution >= 4 is 7.85 Å². The van der Waals surface area contributed by atoms with E-state index in [2.05, 4.69) is 10.3 Å². The highest BCUT2D eigenvalue weighted by molar-refractivity contribution is 6.14. The third-order valence-electron chi connectivity index (χ3n) is 2.54. The summed E-state index contributed by atoms with van der Waals surface area (Å²) in [5, 5.41) is 3.34. The molecule has 0 saturated heterocycles.